The van der Waals surface area contributed by atoms with Crippen LogP contribution in [0.25, 0.3) is 15.8 Å². The minimum Gasteiger partial charge on any atom is -0.308 e. The van der Waals surface area contributed by atoms with Gasteiger partial charge in [0.25, 0.3) is 0 Å². The first-order valence-corrected chi connectivity index (χ1v) is 9.45. The number of benzene rings is 1. The molecule has 4 rings (SSSR count). The molecular formula is C17H15N5OS2. The fourth-order valence-electron chi connectivity index (χ4n) is 2.95. The van der Waals surface area contributed by atoms with Gasteiger partial charge in [-0.1, -0.05) is 24.6 Å². The second-order valence-electron chi connectivity index (χ2n) is 5.54. The summed E-state index contributed by atoms with van der Waals surface area (Å²) in [4.78, 5) is 25.2. The number of para-hydroxylation sites is 1. The number of hydrogen-bond donors (Lipinski definition) is 2. The summed E-state index contributed by atoms with van der Waals surface area (Å²) in [6.45, 7) is 2.03. The number of carbonyl (C=O) groups excluding carboxylic acids is 1. The lowest BCUT2D eigenvalue weighted by Crippen LogP contribution is -2.13. The maximum atomic E-state index is 11.5. The van der Waals surface area contributed by atoms with E-state index in [1.165, 1.54) is 11.8 Å². The van der Waals surface area contributed by atoms with Crippen LogP contribution in [0.4, 0.5) is 5.82 Å². The van der Waals surface area contributed by atoms with Crippen molar-refractivity contribution < 1.29 is 4.79 Å². The topological polar surface area (TPSA) is 93.8 Å². The predicted molar refractivity (Wildman–Crippen MR) is 101 cm³/mol. The lowest BCUT2D eigenvalue weighted by atomic mass is 10.1. The van der Waals surface area contributed by atoms with Crippen molar-refractivity contribution in [2.45, 2.75) is 29.3 Å². The molecule has 3 N–H and O–H groups in total. The van der Waals surface area contributed by atoms with Crippen molar-refractivity contribution >= 4 is 51.0 Å². The van der Waals surface area contributed by atoms with Gasteiger partial charge in [-0.05, 0) is 30.3 Å². The molecule has 1 aromatic carbocycles. The summed E-state index contributed by atoms with van der Waals surface area (Å²) in [7, 11) is 0. The van der Waals surface area contributed by atoms with Crippen LogP contribution in [0.5, 0.6) is 0 Å². The number of nitrogens with one attached hydrogen (secondary N) is 1. The van der Waals surface area contributed by atoms with Gasteiger partial charge in [-0.15, -0.1) is 11.3 Å². The van der Waals surface area contributed by atoms with Crippen LogP contribution in [-0.4, -0.2) is 21.2 Å². The maximum Gasteiger partial charge on any atom is 0.197 e. The number of thiazole rings is 1. The van der Waals surface area contributed by atoms with Crippen molar-refractivity contribution in [3.8, 4) is 0 Å². The number of nitrogens with zero attached hydrogens (tertiary/aromatic N) is 3. The summed E-state index contributed by atoms with van der Waals surface area (Å²) in [5.74, 6) is 6.13. The zero-order valence-corrected chi connectivity index (χ0v) is 15.1. The molecular weight excluding hydrogens is 354 g/mol. The van der Waals surface area contributed by atoms with Gasteiger partial charge in [-0.25, -0.2) is 20.8 Å². The van der Waals surface area contributed by atoms with E-state index in [4.69, 9.17) is 5.84 Å². The van der Waals surface area contributed by atoms with E-state index in [1.54, 1.807) is 11.3 Å². The monoisotopic (exact) mass is 369 g/mol. The van der Waals surface area contributed by atoms with Crippen LogP contribution in [-0.2, 0) is 11.2 Å². The zero-order valence-electron chi connectivity index (χ0n) is 13.4. The number of aldehydes is 1. The van der Waals surface area contributed by atoms with Crippen molar-refractivity contribution in [2.24, 2.45) is 5.84 Å². The van der Waals surface area contributed by atoms with Crippen molar-refractivity contribution in [1.29, 1.82) is 0 Å². The summed E-state index contributed by atoms with van der Waals surface area (Å²) in [6, 6.07) is 8.00. The summed E-state index contributed by atoms with van der Waals surface area (Å²) in [5, 5.41) is 0.577. The van der Waals surface area contributed by atoms with Gasteiger partial charge in [0.05, 0.1) is 21.5 Å². The summed E-state index contributed by atoms with van der Waals surface area (Å²) in [6.07, 6.45) is 2.33. The highest BCUT2D eigenvalue weighted by molar-refractivity contribution is 8.01. The third-order valence-corrected chi connectivity index (χ3v) is 6.09. The molecule has 2 aromatic heterocycles. The molecule has 2 heterocycles. The average molecular weight is 369 g/mol. The Morgan fingerprint density at radius 1 is 1.32 bits per heavy atom. The van der Waals surface area contributed by atoms with Crippen molar-refractivity contribution in [3.63, 3.8) is 0 Å². The first kappa shape index (κ1) is 16.2. The van der Waals surface area contributed by atoms with Crippen LogP contribution in [0.15, 0.2) is 39.3 Å². The molecule has 1 aliphatic rings. The molecule has 0 unspecified atom stereocenters. The molecule has 0 radical (unpaired) electrons. The second kappa shape index (κ2) is 6.55. The van der Waals surface area contributed by atoms with E-state index in [-0.39, 0.29) is 0 Å². The number of nitrogens with two attached hydrogens (primary N) is 1. The van der Waals surface area contributed by atoms with Crippen molar-refractivity contribution in [2.75, 3.05) is 5.43 Å². The van der Waals surface area contributed by atoms with E-state index < -0.39 is 0 Å². The smallest absolute Gasteiger partial charge is 0.197 e. The highest BCUT2D eigenvalue weighted by atomic mass is 32.2. The van der Waals surface area contributed by atoms with Gasteiger partial charge in [0.2, 0.25) is 0 Å². The Hall–Kier alpha value is -2.29. The van der Waals surface area contributed by atoms with Gasteiger partial charge in [-0.3, -0.25) is 4.79 Å². The quantitative estimate of drug-likeness (QED) is 0.308. The highest BCUT2D eigenvalue weighted by Gasteiger charge is 2.26. The van der Waals surface area contributed by atoms with Crippen LogP contribution >= 0.6 is 23.1 Å². The number of anilines is 1. The van der Waals surface area contributed by atoms with E-state index in [2.05, 4.69) is 20.4 Å². The molecule has 0 saturated heterocycles. The third-order valence-electron chi connectivity index (χ3n) is 4.13. The van der Waals surface area contributed by atoms with Crippen LogP contribution in [0.3, 0.4) is 0 Å². The van der Waals surface area contributed by atoms with Crippen LogP contribution in [0.2, 0.25) is 0 Å². The minimum absolute atomic E-state index is 0.485. The van der Waals surface area contributed by atoms with E-state index in [0.29, 0.717) is 23.0 Å². The van der Waals surface area contributed by atoms with E-state index >= 15 is 0 Å². The fourth-order valence-corrected chi connectivity index (χ4v) is 4.90. The Morgan fingerprint density at radius 2 is 2.16 bits per heavy atom. The molecule has 3 aromatic rings. The van der Waals surface area contributed by atoms with Gasteiger partial charge >= 0.3 is 0 Å². The summed E-state index contributed by atoms with van der Waals surface area (Å²) >= 11 is 3.01. The Morgan fingerprint density at radius 3 is 2.88 bits per heavy atom. The normalized spacial score (nSPS) is 13.4. The highest BCUT2D eigenvalue weighted by Crippen LogP contribution is 2.39. The second-order valence-corrected chi connectivity index (χ2v) is 7.78. The Balaban J connectivity index is 1.73. The van der Waals surface area contributed by atoms with Gasteiger partial charge in [0.1, 0.15) is 0 Å². The Bertz CT molecular complexity index is 978. The van der Waals surface area contributed by atoms with E-state index in [9.17, 15) is 4.79 Å². The molecule has 0 atom stereocenters. The van der Waals surface area contributed by atoms with Gasteiger partial charge in [-0.2, -0.15) is 0 Å². The first-order valence-electron chi connectivity index (χ1n) is 7.82. The Labute approximate surface area is 152 Å². The van der Waals surface area contributed by atoms with E-state index in [0.717, 1.165) is 44.1 Å². The first-order chi connectivity index (χ1) is 12.2. The molecule has 0 spiro atoms. The van der Waals surface area contributed by atoms with E-state index in [1.807, 2.05) is 31.2 Å². The molecule has 0 bridgehead atoms. The predicted octanol–water partition coefficient (Wildman–Crippen LogP) is 3.44. The van der Waals surface area contributed by atoms with Crippen molar-refractivity contribution in [3.05, 3.63) is 41.1 Å². The number of fused-ring (bicyclic) bond motifs is 2. The fraction of sp³-hybridized carbons (Fsp3) is 0.176. The standard InChI is InChI=1S/C17H15N5OS2/c1-2-9-7-12-14(10(9)8-23)15(22-18)21-16(19-12)25-17-20-11-5-3-4-6-13(11)24-17/h3-6,8H,2,7,18H2,1H3,(H,19,21,22). The lowest BCUT2D eigenvalue weighted by molar-refractivity contribution is -0.103. The molecule has 8 heteroatoms. The third kappa shape index (κ3) is 2.82. The number of allylic oxidation sites excluding steroid dienone is 2. The molecule has 0 fully saturated rings. The molecule has 25 heavy (non-hydrogen) atoms. The van der Waals surface area contributed by atoms with Crippen LogP contribution in [0.1, 0.15) is 24.6 Å². The minimum atomic E-state index is 0.485. The molecule has 1 aliphatic carbocycles. The zero-order chi connectivity index (χ0) is 17.4. The molecule has 6 nitrogen and oxygen atoms in total. The maximum absolute atomic E-state index is 11.5. The molecule has 0 amide bonds. The number of rotatable bonds is 5. The summed E-state index contributed by atoms with van der Waals surface area (Å²) < 4.78 is 2.00. The lowest BCUT2D eigenvalue weighted by Gasteiger charge is -2.09. The molecule has 0 saturated carbocycles. The number of aromatic nitrogens is 3. The van der Waals surface area contributed by atoms with Crippen LogP contribution in [0, 0.1) is 0 Å². The van der Waals surface area contributed by atoms with Gasteiger partial charge in [0, 0.05) is 12.0 Å². The largest absolute Gasteiger partial charge is 0.308 e. The average Bonchev–Trinajstić information content (AvgIpc) is 3.20. The Kier molecular flexibility index (Phi) is 4.24. The van der Waals surface area contributed by atoms with Gasteiger partial charge in [0.15, 0.2) is 21.6 Å². The molecule has 126 valence electrons. The number of hydrogen-bond acceptors (Lipinski definition) is 8. The summed E-state index contributed by atoms with van der Waals surface area (Å²) in [5.41, 5.74) is 6.86. The van der Waals surface area contributed by atoms with Crippen LogP contribution < -0.4 is 11.3 Å². The van der Waals surface area contributed by atoms with Gasteiger partial charge < -0.3 is 5.43 Å². The molecule has 0 aliphatic heterocycles. The SMILES string of the molecule is CCC1=C(C=O)c2c(nc(Sc3nc4ccccc4s3)nc2NN)C1. The van der Waals surface area contributed by atoms with Crippen molar-refractivity contribution in [1.82, 2.24) is 15.0 Å². The number of hydrazine groups is 1. The number of nitrogen functional groups attached to an aromatic ring is 1. The number of carbonyl (C=O) groups is 1.